The van der Waals surface area contributed by atoms with E-state index in [4.69, 9.17) is 42.1 Å². The van der Waals surface area contributed by atoms with E-state index < -0.39 is 47.0 Å². The highest BCUT2D eigenvalue weighted by molar-refractivity contribution is 7.44. The van der Waals surface area contributed by atoms with Gasteiger partial charge in [-0.3, -0.25) is 9.36 Å². The van der Waals surface area contributed by atoms with E-state index in [9.17, 15) is 10.1 Å². The van der Waals surface area contributed by atoms with Crippen molar-refractivity contribution < 1.29 is 42.0 Å². The minimum Gasteiger partial charge on any atom is -0.497 e. The number of amides is 1. The number of hydrogen-bond donors (Lipinski definition) is 1. The Morgan fingerprint density at radius 2 is 1.40 bits per heavy atom. The first kappa shape index (κ1) is 54.5. The molecule has 18 heteroatoms. The summed E-state index contributed by atoms with van der Waals surface area (Å²) in [6.45, 7) is 23.3. The molecule has 1 aliphatic rings. The SMILES string of the molecule is COc1ccc(C(OC[C@H]2O[C@@H](n3cnc4c(NC(C)=O)ncnc43)[C@@H](OCO[Si](C(C)C)(C(C)C)C(C)C)C2OP(OCCC#N)N(C(C)C)C(C)C)(c2ccccc2)c2ccc(OC)cc2)cc1. The van der Waals surface area contributed by atoms with Gasteiger partial charge in [-0.05, 0) is 85.3 Å². The normalized spacial score (nSPS) is 18.1. The van der Waals surface area contributed by atoms with Gasteiger partial charge >= 0.3 is 0 Å². The van der Waals surface area contributed by atoms with Gasteiger partial charge in [-0.1, -0.05) is 96.1 Å². The monoisotopic (exact) mass is 997 g/mol. The number of imidazole rings is 1. The molecule has 2 aromatic heterocycles. The molecule has 5 atom stereocenters. The van der Waals surface area contributed by atoms with Crippen molar-refractivity contribution in [3.63, 3.8) is 0 Å². The Balaban J connectivity index is 1.56. The lowest BCUT2D eigenvalue weighted by atomic mass is 9.80. The van der Waals surface area contributed by atoms with Gasteiger partial charge in [-0.25, -0.2) is 19.6 Å². The predicted octanol–water partition coefficient (Wildman–Crippen LogP) is 10.9. The largest absolute Gasteiger partial charge is 0.497 e. The summed E-state index contributed by atoms with van der Waals surface area (Å²) < 4.78 is 58.2. The Morgan fingerprint density at radius 3 is 1.91 bits per heavy atom. The number of nitrogens with zero attached hydrogens (tertiary/aromatic N) is 6. The van der Waals surface area contributed by atoms with E-state index in [-0.39, 0.29) is 66.9 Å². The average molecular weight is 998 g/mol. The van der Waals surface area contributed by atoms with Gasteiger partial charge in [-0.15, -0.1) is 0 Å². The van der Waals surface area contributed by atoms with Crippen molar-refractivity contribution in [3.05, 3.63) is 108 Å². The van der Waals surface area contributed by atoms with Crippen LogP contribution in [0.4, 0.5) is 5.82 Å². The summed E-state index contributed by atoms with van der Waals surface area (Å²) in [5.41, 5.74) is 2.97. The number of fused-ring (bicyclic) bond motifs is 1. The van der Waals surface area contributed by atoms with Crippen molar-refractivity contribution in [1.29, 1.82) is 5.26 Å². The minimum absolute atomic E-state index is 0.00387. The van der Waals surface area contributed by atoms with Crippen LogP contribution in [-0.4, -0.2) is 103 Å². The van der Waals surface area contributed by atoms with Crippen LogP contribution in [-0.2, 0) is 38.1 Å². The van der Waals surface area contributed by atoms with E-state index in [0.29, 0.717) is 22.7 Å². The number of ether oxygens (including phenoxy) is 5. The first-order valence-corrected chi connectivity index (χ1v) is 27.4. The molecule has 378 valence electrons. The quantitative estimate of drug-likeness (QED) is 0.0192. The Hall–Kier alpha value is -4.86. The first-order valence-electron chi connectivity index (χ1n) is 24.1. The fraction of sp³-hybridized carbons (Fsp3) is 0.519. The zero-order chi connectivity index (χ0) is 50.8. The van der Waals surface area contributed by atoms with Crippen LogP contribution in [0.1, 0.15) is 106 Å². The van der Waals surface area contributed by atoms with Gasteiger partial charge in [0, 0.05) is 19.0 Å². The lowest BCUT2D eigenvalue weighted by Gasteiger charge is -2.42. The number of rotatable bonds is 25. The molecule has 1 amide bonds. The van der Waals surface area contributed by atoms with Crippen LogP contribution in [0, 0.1) is 11.3 Å². The zero-order valence-corrected chi connectivity index (χ0v) is 44.9. The van der Waals surface area contributed by atoms with E-state index >= 15 is 0 Å². The number of carbonyl (C=O) groups excluding carboxylic acids is 1. The molecule has 3 aromatic carbocycles. The van der Waals surface area contributed by atoms with Gasteiger partial charge < -0.3 is 42.5 Å². The van der Waals surface area contributed by atoms with Crippen LogP contribution >= 0.6 is 8.53 Å². The van der Waals surface area contributed by atoms with E-state index in [2.05, 4.69) is 95.3 Å². The van der Waals surface area contributed by atoms with Crippen molar-refractivity contribution >= 4 is 39.7 Å². The fourth-order valence-electron chi connectivity index (χ4n) is 10.1. The van der Waals surface area contributed by atoms with Crippen LogP contribution in [0.5, 0.6) is 11.5 Å². The van der Waals surface area contributed by atoms with Gasteiger partial charge in [0.25, 0.3) is 8.53 Å². The Kier molecular flexibility index (Phi) is 19.1. The van der Waals surface area contributed by atoms with Crippen molar-refractivity contribution in [2.75, 3.05) is 39.5 Å². The zero-order valence-electron chi connectivity index (χ0n) is 43.0. The van der Waals surface area contributed by atoms with Gasteiger partial charge in [-0.2, -0.15) is 5.26 Å². The third kappa shape index (κ3) is 11.7. The molecule has 0 aliphatic carbocycles. The molecular weight excluding hydrogens is 926 g/mol. The van der Waals surface area contributed by atoms with Crippen LogP contribution in [0.3, 0.4) is 0 Å². The number of nitriles is 1. The van der Waals surface area contributed by atoms with E-state index in [0.717, 1.165) is 16.7 Å². The van der Waals surface area contributed by atoms with E-state index in [1.807, 2.05) is 78.9 Å². The fourth-order valence-corrected chi connectivity index (χ4v) is 17.1. The minimum atomic E-state index is -2.45. The molecule has 1 aliphatic heterocycles. The second-order valence-electron chi connectivity index (χ2n) is 18.9. The summed E-state index contributed by atoms with van der Waals surface area (Å²) in [5.74, 6) is 1.35. The molecule has 3 heterocycles. The van der Waals surface area contributed by atoms with Crippen LogP contribution in [0.2, 0.25) is 16.6 Å². The maximum atomic E-state index is 12.3. The number of carbonyl (C=O) groups is 1. The number of methoxy groups -OCH3 is 2. The third-order valence-corrected chi connectivity index (χ3v) is 21.2. The predicted molar refractivity (Wildman–Crippen MR) is 274 cm³/mol. The molecule has 1 N–H and O–H groups in total. The molecular formula is C52H72N7O9PSi. The van der Waals surface area contributed by atoms with Gasteiger partial charge in [0.1, 0.15) is 48.5 Å². The molecule has 1 saturated heterocycles. The molecule has 6 rings (SSSR count). The summed E-state index contributed by atoms with van der Waals surface area (Å²) in [6.07, 6.45) is -0.333. The molecule has 0 saturated carbocycles. The van der Waals surface area contributed by atoms with Gasteiger partial charge in [0.2, 0.25) is 14.2 Å². The van der Waals surface area contributed by atoms with Crippen LogP contribution in [0.15, 0.2) is 91.5 Å². The lowest BCUT2D eigenvalue weighted by molar-refractivity contribution is -0.114. The number of anilines is 1. The summed E-state index contributed by atoms with van der Waals surface area (Å²) in [5, 5.41) is 12.5. The van der Waals surface area contributed by atoms with E-state index in [1.54, 1.807) is 25.1 Å². The van der Waals surface area contributed by atoms with Crippen molar-refractivity contribution in [2.45, 2.75) is 141 Å². The number of aromatic nitrogens is 4. The molecule has 2 unspecified atom stereocenters. The Bertz CT molecular complexity index is 2390. The van der Waals surface area contributed by atoms with Crippen molar-refractivity contribution in [1.82, 2.24) is 24.2 Å². The number of benzene rings is 3. The van der Waals surface area contributed by atoms with Crippen molar-refractivity contribution in [3.8, 4) is 17.6 Å². The summed E-state index contributed by atoms with van der Waals surface area (Å²) in [7, 11) is -1.01. The third-order valence-electron chi connectivity index (χ3n) is 13.0. The molecule has 0 spiro atoms. The molecule has 0 bridgehead atoms. The molecule has 0 radical (unpaired) electrons. The Morgan fingerprint density at radius 1 is 0.829 bits per heavy atom. The number of hydrogen-bond acceptors (Lipinski definition) is 14. The Labute approximate surface area is 416 Å². The second kappa shape index (κ2) is 24.5. The summed E-state index contributed by atoms with van der Waals surface area (Å²) in [6, 6.07) is 28.0. The highest BCUT2D eigenvalue weighted by Crippen LogP contribution is 2.52. The highest BCUT2D eigenvalue weighted by Gasteiger charge is 2.53. The van der Waals surface area contributed by atoms with Crippen molar-refractivity contribution in [2.24, 2.45) is 0 Å². The maximum Gasteiger partial charge on any atom is 0.259 e. The van der Waals surface area contributed by atoms with Gasteiger partial charge in [0.15, 0.2) is 23.2 Å². The highest BCUT2D eigenvalue weighted by atomic mass is 31.2. The molecule has 16 nitrogen and oxygen atoms in total. The van der Waals surface area contributed by atoms with E-state index in [1.165, 1.54) is 13.3 Å². The van der Waals surface area contributed by atoms with Crippen LogP contribution in [0.25, 0.3) is 11.2 Å². The topological polar surface area (TPSA) is 174 Å². The lowest BCUT2D eigenvalue weighted by Crippen LogP contribution is -2.49. The van der Waals surface area contributed by atoms with Gasteiger partial charge in [0.05, 0.1) is 46.3 Å². The molecule has 5 aromatic rings. The molecule has 1 fully saturated rings. The smallest absolute Gasteiger partial charge is 0.259 e. The van der Waals surface area contributed by atoms with Crippen LogP contribution < -0.4 is 14.8 Å². The average Bonchev–Trinajstić information content (AvgIpc) is 3.92. The number of nitrogens with one attached hydrogen (secondary N) is 1. The second-order valence-corrected chi connectivity index (χ2v) is 25.8. The standard InChI is InChI=1S/C52H72N7O9PSi/c1-34(2)59(35(3)4)69(65-29-17-28-53)68-47-45(30-64-52(40-18-15-14-16-19-40,41-20-24-43(61-12)25-21-41)42-22-26-44(62-13)27-23-42)67-51(48(47)63-33-66-70(36(5)6,37(7)8)38(9)10)58-32-56-46-49(57-39(11)60)54-31-55-50(46)58/h14-16,18-27,31-32,34-38,45,47-48,51H,17,29-30,33H2,1-13H3,(H,54,55,57,60)/t45-,47?,48+,51-,69?/m1/s1. The maximum absolute atomic E-state index is 12.3. The molecule has 70 heavy (non-hydrogen) atoms. The summed E-state index contributed by atoms with van der Waals surface area (Å²) in [4.78, 5) is 26.1. The first-order chi connectivity index (χ1) is 33.5. The summed E-state index contributed by atoms with van der Waals surface area (Å²) >= 11 is 0.